The van der Waals surface area contributed by atoms with Crippen LogP contribution in [0.1, 0.15) is 15.9 Å². The second kappa shape index (κ2) is 7.45. The first-order valence-electron chi connectivity index (χ1n) is 7.70. The van der Waals surface area contributed by atoms with Crippen LogP contribution in [0.2, 0.25) is 5.02 Å². The predicted octanol–water partition coefficient (Wildman–Crippen LogP) is 4.36. The molecule has 26 heavy (non-hydrogen) atoms. The van der Waals surface area contributed by atoms with Gasteiger partial charge in [-0.2, -0.15) is 0 Å². The van der Waals surface area contributed by atoms with Gasteiger partial charge in [-0.25, -0.2) is 4.79 Å². The van der Waals surface area contributed by atoms with Gasteiger partial charge in [0.25, 0.3) is 0 Å². The highest BCUT2D eigenvalue weighted by Crippen LogP contribution is 2.36. The number of carbonyl (C=O) groups excluding carboxylic acids is 1. The van der Waals surface area contributed by atoms with E-state index >= 15 is 0 Å². The minimum Gasteiger partial charge on any atom is -0.493 e. The molecular weight excluding hydrogens is 356 g/mol. The fourth-order valence-corrected chi connectivity index (χ4v) is 2.83. The molecule has 0 bridgehead atoms. The predicted molar refractivity (Wildman–Crippen MR) is 100 cm³/mol. The number of allylic oxidation sites excluding steroid dienone is 1. The van der Waals surface area contributed by atoms with Gasteiger partial charge in [0.1, 0.15) is 11.1 Å². The van der Waals surface area contributed by atoms with Gasteiger partial charge in [0, 0.05) is 5.39 Å². The van der Waals surface area contributed by atoms with Gasteiger partial charge in [0.15, 0.2) is 17.3 Å². The molecule has 0 N–H and O–H groups in total. The van der Waals surface area contributed by atoms with Crippen molar-refractivity contribution in [1.29, 1.82) is 0 Å². The molecule has 3 aromatic rings. The molecule has 0 amide bonds. The Morgan fingerprint density at radius 1 is 1.12 bits per heavy atom. The molecule has 1 aromatic heterocycles. The maximum absolute atomic E-state index is 12.4. The Morgan fingerprint density at radius 3 is 2.62 bits per heavy atom. The Labute approximate surface area is 154 Å². The zero-order valence-electron chi connectivity index (χ0n) is 14.1. The molecule has 6 heteroatoms. The number of hydrogen-bond acceptors (Lipinski definition) is 5. The number of fused-ring (bicyclic) bond motifs is 1. The van der Waals surface area contributed by atoms with Crippen molar-refractivity contribution >= 4 is 34.4 Å². The lowest BCUT2D eigenvalue weighted by molar-refractivity contribution is 0.104. The fraction of sp³-hybridized carbons (Fsp3) is 0.100. The molecule has 3 rings (SSSR count). The zero-order chi connectivity index (χ0) is 18.7. The first-order chi connectivity index (χ1) is 12.5. The number of halogens is 1. The van der Waals surface area contributed by atoms with Crippen molar-refractivity contribution in [3.05, 3.63) is 75.1 Å². The topological polar surface area (TPSA) is 65.7 Å². The molecule has 0 aliphatic heterocycles. The molecule has 0 atom stereocenters. The Bertz CT molecular complexity index is 1070. The molecule has 0 aliphatic carbocycles. The number of carbonyl (C=O) groups is 1. The Balaban J connectivity index is 1.94. The summed E-state index contributed by atoms with van der Waals surface area (Å²) in [6.07, 6.45) is 2.84. The van der Waals surface area contributed by atoms with Gasteiger partial charge in [-0.05, 0) is 35.9 Å². The third kappa shape index (κ3) is 3.48. The molecule has 0 unspecified atom stereocenters. The highest BCUT2D eigenvalue weighted by molar-refractivity contribution is 6.32. The lowest BCUT2D eigenvalue weighted by Gasteiger charge is -2.10. The molecule has 132 valence electrons. The van der Waals surface area contributed by atoms with Gasteiger partial charge in [0.2, 0.25) is 0 Å². The SMILES string of the molecule is COc1cc(C=CC(=O)c2cc3ccccc3oc2=O)cc(Cl)c1OC. The van der Waals surface area contributed by atoms with Crippen LogP contribution >= 0.6 is 11.6 Å². The normalized spacial score (nSPS) is 11.0. The van der Waals surface area contributed by atoms with Crippen LogP contribution in [0.15, 0.2) is 57.8 Å². The lowest BCUT2D eigenvalue weighted by atomic mass is 10.1. The first kappa shape index (κ1) is 17.8. The number of para-hydroxylation sites is 1. The molecule has 2 aromatic carbocycles. The highest BCUT2D eigenvalue weighted by atomic mass is 35.5. The van der Waals surface area contributed by atoms with Crippen LogP contribution in [0.5, 0.6) is 11.5 Å². The lowest BCUT2D eigenvalue weighted by Crippen LogP contribution is -2.11. The van der Waals surface area contributed by atoms with E-state index in [1.54, 1.807) is 42.5 Å². The molecule has 0 spiro atoms. The van der Waals surface area contributed by atoms with Crippen LogP contribution in [0.25, 0.3) is 17.0 Å². The van der Waals surface area contributed by atoms with Crippen molar-refractivity contribution in [3.8, 4) is 11.5 Å². The molecule has 0 saturated heterocycles. The van der Waals surface area contributed by atoms with Gasteiger partial charge in [-0.1, -0.05) is 35.9 Å². The van der Waals surface area contributed by atoms with Crippen molar-refractivity contribution in [1.82, 2.24) is 0 Å². The van der Waals surface area contributed by atoms with E-state index in [1.165, 1.54) is 26.4 Å². The van der Waals surface area contributed by atoms with E-state index in [9.17, 15) is 9.59 Å². The van der Waals surface area contributed by atoms with E-state index in [0.717, 1.165) is 0 Å². The summed E-state index contributed by atoms with van der Waals surface area (Å²) in [5, 5.41) is 1.03. The van der Waals surface area contributed by atoms with Crippen LogP contribution in [0, 0.1) is 0 Å². The molecular formula is C20H15ClO5. The smallest absolute Gasteiger partial charge is 0.347 e. The maximum atomic E-state index is 12.4. The summed E-state index contributed by atoms with van der Waals surface area (Å²) in [5.41, 5.74) is 0.353. The molecule has 0 fully saturated rings. The summed E-state index contributed by atoms with van der Waals surface area (Å²) in [6.45, 7) is 0. The Hall–Kier alpha value is -3.05. The summed E-state index contributed by atoms with van der Waals surface area (Å²) in [4.78, 5) is 24.5. The highest BCUT2D eigenvalue weighted by Gasteiger charge is 2.12. The minimum atomic E-state index is -0.677. The molecule has 5 nitrogen and oxygen atoms in total. The largest absolute Gasteiger partial charge is 0.493 e. The third-order valence-electron chi connectivity index (χ3n) is 3.79. The van der Waals surface area contributed by atoms with Gasteiger partial charge in [-0.15, -0.1) is 0 Å². The first-order valence-corrected chi connectivity index (χ1v) is 8.08. The van der Waals surface area contributed by atoms with Crippen LogP contribution < -0.4 is 15.1 Å². The zero-order valence-corrected chi connectivity index (χ0v) is 14.9. The van der Waals surface area contributed by atoms with Crippen molar-refractivity contribution in [3.63, 3.8) is 0 Å². The number of benzene rings is 2. The summed E-state index contributed by atoms with van der Waals surface area (Å²) in [5.74, 6) is 0.389. The summed E-state index contributed by atoms with van der Waals surface area (Å²) >= 11 is 6.15. The Kier molecular flexibility index (Phi) is 5.09. The summed E-state index contributed by atoms with van der Waals surface area (Å²) in [7, 11) is 2.98. The molecule has 0 saturated carbocycles. The van der Waals surface area contributed by atoms with E-state index in [1.807, 2.05) is 0 Å². The number of rotatable bonds is 5. The standard InChI is InChI=1S/C20H15ClO5/c1-24-18-10-12(9-15(21)19(18)25-2)7-8-16(22)14-11-13-5-3-4-6-17(13)26-20(14)23/h3-11H,1-2H3. The fourth-order valence-electron chi connectivity index (χ4n) is 2.53. The van der Waals surface area contributed by atoms with E-state index < -0.39 is 11.4 Å². The summed E-state index contributed by atoms with van der Waals surface area (Å²) in [6, 6.07) is 11.8. The molecule has 0 aliphatic rings. The summed E-state index contributed by atoms with van der Waals surface area (Å²) < 4.78 is 15.6. The van der Waals surface area contributed by atoms with Crippen LogP contribution in [0.4, 0.5) is 0 Å². The van der Waals surface area contributed by atoms with Crippen LogP contribution in [-0.2, 0) is 0 Å². The third-order valence-corrected chi connectivity index (χ3v) is 4.07. The van der Waals surface area contributed by atoms with Crippen LogP contribution in [0.3, 0.4) is 0 Å². The second-order valence-corrected chi connectivity index (χ2v) is 5.83. The quantitative estimate of drug-likeness (QED) is 0.379. The van der Waals surface area contributed by atoms with Crippen molar-refractivity contribution in [2.24, 2.45) is 0 Å². The van der Waals surface area contributed by atoms with Crippen molar-refractivity contribution in [2.75, 3.05) is 14.2 Å². The van der Waals surface area contributed by atoms with Crippen molar-refractivity contribution < 1.29 is 18.7 Å². The molecule has 1 heterocycles. The van der Waals surface area contributed by atoms with E-state index in [4.69, 9.17) is 25.5 Å². The Morgan fingerprint density at radius 2 is 1.88 bits per heavy atom. The monoisotopic (exact) mass is 370 g/mol. The van der Waals surface area contributed by atoms with E-state index in [-0.39, 0.29) is 5.56 Å². The van der Waals surface area contributed by atoms with Crippen molar-refractivity contribution in [2.45, 2.75) is 0 Å². The van der Waals surface area contributed by atoms with Crippen LogP contribution in [-0.4, -0.2) is 20.0 Å². The van der Waals surface area contributed by atoms with Gasteiger partial charge in [0.05, 0.1) is 19.2 Å². The molecule has 0 radical (unpaired) electrons. The van der Waals surface area contributed by atoms with Gasteiger partial charge >= 0.3 is 5.63 Å². The van der Waals surface area contributed by atoms with E-state index in [0.29, 0.717) is 33.1 Å². The number of methoxy groups -OCH3 is 2. The second-order valence-electron chi connectivity index (χ2n) is 5.42. The number of ketones is 1. The average Bonchev–Trinajstić information content (AvgIpc) is 2.64. The number of ether oxygens (including phenoxy) is 2. The minimum absolute atomic E-state index is 0.0356. The van der Waals surface area contributed by atoms with E-state index in [2.05, 4.69) is 0 Å². The van der Waals surface area contributed by atoms with Gasteiger partial charge < -0.3 is 13.9 Å². The average molecular weight is 371 g/mol. The number of hydrogen-bond donors (Lipinski definition) is 0. The maximum Gasteiger partial charge on any atom is 0.347 e. The van der Waals surface area contributed by atoms with Gasteiger partial charge in [-0.3, -0.25) is 4.79 Å².